The molecule has 9 nitrogen and oxygen atoms in total. The van der Waals surface area contributed by atoms with Crippen molar-refractivity contribution in [3.8, 4) is 16.9 Å². The average Bonchev–Trinajstić information content (AvgIpc) is 3.60. The van der Waals surface area contributed by atoms with E-state index in [0.717, 1.165) is 28.1 Å². The number of hydrogen-bond acceptors (Lipinski definition) is 5. The summed E-state index contributed by atoms with van der Waals surface area (Å²) in [6, 6.07) is 13.5. The Hall–Kier alpha value is -3.73. The predicted molar refractivity (Wildman–Crippen MR) is 149 cm³/mol. The van der Waals surface area contributed by atoms with Crippen molar-refractivity contribution in [2.24, 2.45) is 7.05 Å². The maximum atomic E-state index is 14.2. The van der Waals surface area contributed by atoms with Gasteiger partial charge in [0.1, 0.15) is 17.3 Å². The zero-order valence-corrected chi connectivity index (χ0v) is 22.8. The van der Waals surface area contributed by atoms with Crippen LogP contribution in [0.25, 0.3) is 16.9 Å². The smallest absolute Gasteiger partial charge is 0.320 e. The Morgan fingerprint density at radius 1 is 1.21 bits per heavy atom. The number of benzene rings is 2. The van der Waals surface area contributed by atoms with E-state index < -0.39 is 5.82 Å². The maximum absolute atomic E-state index is 14.2. The molecule has 2 atom stereocenters. The number of carbonyl (C=O) groups excluding carboxylic acids is 1. The lowest BCUT2D eigenvalue weighted by Crippen LogP contribution is -2.42. The normalized spacial score (nSPS) is 17.5. The van der Waals surface area contributed by atoms with Gasteiger partial charge in [0.2, 0.25) is 0 Å². The topological polar surface area (TPSA) is 89.2 Å². The molecule has 2 N–H and O–H groups in total. The summed E-state index contributed by atoms with van der Waals surface area (Å²) in [6.45, 7) is 4.41. The first-order valence-corrected chi connectivity index (χ1v) is 13.1. The van der Waals surface area contributed by atoms with E-state index in [9.17, 15) is 9.18 Å². The van der Waals surface area contributed by atoms with Gasteiger partial charge in [-0.3, -0.25) is 14.9 Å². The summed E-state index contributed by atoms with van der Waals surface area (Å²) in [5.74, 6) is 0.00499. The highest BCUT2D eigenvalue weighted by Gasteiger charge is 2.35. The van der Waals surface area contributed by atoms with Gasteiger partial charge in [-0.05, 0) is 42.8 Å². The Kier molecular flexibility index (Phi) is 7.97. The minimum Gasteiger partial charge on any atom is -0.383 e. The molecule has 0 aliphatic carbocycles. The van der Waals surface area contributed by atoms with Crippen molar-refractivity contribution < 1.29 is 13.9 Å². The lowest BCUT2D eigenvalue weighted by molar-refractivity contribution is 0.159. The number of anilines is 1. The third-order valence-corrected chi connectivity index (χ3v) is 7.19. The SMILES string of the molecule is COCCN1CC(c2cc(F)cc(Cl)c2)[C@H](NC(=O)Nc2c(C)c(-c3cnn(C)c3)nn2-c2ccccc2)C1. The van der Waals surface area contributed by atoms with Gasteiger partial charge in [0.15, 0.2) is 0 Å². The lowest BCUT2D eigenvalue weighted by atomic mass is 9.94. The number of methoxy groups -OCH3 is 1. The number of halogens is 2. The number of urea groups is 1. The molecule has 3 heterocycles. The van der Waals surface area contributed by atoms with E-state index in [1.54, 1.807) is 28.7 Å². The van der Waals surface area contributed by atoms with Crippen LogP contribution in [-0.4, -0.2) is 69.9 Å². The Morgan fingerprint density at radius 2 is 2.00 bits per heavy atom. The quantitative estimate of drug-likeness (QED) is 0.334. The van der Waals surface area contributed by atoms with Crippen LogP contribution in [0.2, 0.25) is 5.02 Å². The largest absolute Gasteiger partial charge is 0.383 e. The number of nitrogens with one attached hydrogen (secondary N) is 2. The second-order valence-corrected chi connectivity index (χ2v) is 10.2. The van der Waals surface area contributed by atoms with E-state index in [1.807, 2.05) is 50.5 Å². The Labute approximate surface area is 231 Å². The second-order valence-electron chi connectivity index (χ2n) is 9.74. The average molecular weight is 552 g/mol. The summed E-state index contributed by atoms with van der Waals surface area (Å²) in [6.07, 6.45) is 3.63. The first-order valence-electron chi connectivity index (χ1n) is 12.7. The van der Waals surface area contributed by atoms with Crippen LogP contribution in [0.3, 0.4) is 0 Å². The Balaban J connectivity index is 1.42. The summed E-state index contributed by atoms with van der Waals surface area (Å²) >= 11 is 6.17. The number of para-hydroxylation sites is 1. The molecular weight excluding hydrogens is 521 g/mol. The molecule has 1 saturated heterocycles. The van der Waals surface area contributed by atoms with Crippen molar-refractivity contribution in [3.63, 3.8) is 0 Å². The van der Waals surface area contributed by atoms with Crippen molar-refractivity contribution in [1.29, 1.82) is 0 Å². The highest BCUT2D eigenvalue weighted by molar-refractivity contribution is 6.30. The fourth-order valence-electron chi connectivity index (χ4n) is 5.09. The van der Waals surface area contributed by atoms with Crippen LogP contribution in [0.5, 0.6) is 0 Å². The standard InChI is InChI=1S/C28H31ClFN7O2/c1-18-26(20-14-31-35(2)15-20)34-37(23-7-5-4-6-8-23)27(18)33-28(38)32-25-17-36(9-10-39-3)16-24(25)19-11-21(29)13-22(30)12-19/h4-8,11-15,24-25H,9-10,16-17H2,1-3H3,(H2,32,33,38)/t24?,25-/m1/s1. The maximum Gasteiger partial charge on any atom is 0.320 e. The van der Waals surface area contributed by atoms with Crippen molar-refractivity contribution in [2.45, 2.75) is 18.9 Å². The minimum atomic E-state index is -0.402. The summed E-state index contributed by atoms with van der Waals surface area (Å²) in [5.41, 5.74) is 3.94. The fraction of sp³-hybridized carbons (Fsp3) is 0.321. The van der Waals surface area contributed by atoms with Gasteiger partial charge in [-0.1, -0.05) is 29.8 Å². The number of aryl methyl sites for hydroxylation is 1. The number of hydrogen-bond donors (Lipinski definition) is 2. The molecule has 1 unspecified atom stereocenters. The summed E-state index contributed by atoms with van der Waals surface area (Å²) in [4.78, 5) is 15.7. The molecule has 1 aliphatic heterocycles. The number of amides is 2. The first-order chi connectivity index (χ1) is 18.8. The van der Waals surface area contributed by atoms with Gasteiger partial charge in [0, 0.05) is 62.1 Å². The van der Waals surface area contributed by atoms with Crippen LogP contribution in [-0.2, 0) is 11.8 Å². The van der Waals surface area contributed by atoms with Crippen LogP contribution in [0, 0.1) is 12.7 Å². The van der Waals surface area contributed by atoms with E-state index in [-0.39, 0.29) is 18.0 Å². The van der Waals surface area contributed by atoms with Gasteiger partial charge >= 0.3 is 6.03 Å². The number of rotatable bonds is 8. The van der Waals surface area contributed by atoms with Gasteiger partial charge in [-0.15, -0.1) is 0 Å². The molecular formula is C28H31ClFN7O2. The summed E-state index contributed by atoms with van der Waals surface area (Å²) in [5, 5.41) is 15.6. The highest BCUT2D eigenvalue weighted by atomic mass is 35.5. The van der Waals surface area contributed by atoms with Crippen molar-refractivity contribution >= 4 is 23.4 Å². The molecule has 0 radical (unpaired) electrons. The first kappa shape index (κ1) is 26.9. The number of ether oxygens (including phenoxy) is 1. The summed E-state index contributed by atoms with van der Waals surface area (Å²) in [7, 11) is 3.50. The number of carbonyl (C=O) groups is 1. The van der Waals surface area contributed by atoms with Crippen LogP contribution < -0.4 is 10.6 Å². The van der Waals surface area contributed by atoms with Gasteiger partial charge in [-0.25, -0.2) is 13.9 Å². The van der Waals surface area contributed by atoms with Crippen LogP contribution in [0.15, 0.2) is 60.9 Å². The Morgan fingerprint density at radius 3 is 2.69 bits per heavy atom. The molecule has 2 aromatic carbocycles. The second kappa shape index (κ2) is 11.6. The van der Waals surface area contributed by atoms with Crippen molar-refractivity contribution in [2.75, 3.05) is 38.7 Å². The number of aromatic nitrogens is 4. The fourth-order valence-corrected chi connectivity index (χ4v) is 5.32. The molecule has 5 rings (SSSR count). The molecule has 2 aromatic heterocycles. The van der Waals surface area contributed by atoms with E-state index >= 15 is 0 Å². The molecule has 0 spiro atoms. The van der Waals surface area contributed by atoms with E-state index in [1.165, 1.54) is 12.1 Å². The molecule has 0 saturated carbocycles. The zero-order valence-electron chi connectivity index (χ0n) is 22.1. The molecule has 11 heteroatoms. The number of likely N-dealkylation sites (tertiary alicyclic amines) is 1. The zero-order chi connectivity index (χ0) is 27.5. The molecule has 1 aliphatic rings. The van der Waals surface area contributed by atoms with Crippen LogP contribution in [0.4, 0.5) is 15.0 Å². The monoisotopic (exact) mass is 551 g/mol. The summed E-state index contributed by atoms with van der Waals surface area (Å²) < 4.78 is 22.9. The van der Waals surface area contributed by atoms with E-state index in [4.69, 9.17) is 21.4 Å². The van der Waals surface area contributed by atoms with Gasteiger partial charge in [-0.2, -0.15) is 10.2 Å². The molecule has 204 valence electrons. The van der Waals surface area contributed by atoms with E-state index in [0.29, 0.717) is 37.1 Å². The van der Waals surface area contributed by atoms with Crippen molar-refractivity contribution in [3.05, 3.63) is 82.9 Å². The third kappa shape index (κ3) is 5.98. The van der Waals surface area contributed by atoms with Gasteiger partial charge in [0.25, 0.3) is 0 Å². The predicted octanol–water partition coefficient (Wildman–Crippen LogP) is 4.61. The molecule has 2 amide bonds. The van der Waals surface area contributed by atoms with Crippen LogP contribution >= 0.6 is 11.6 Å². The van der Waals surface area contributed by atoms with Crippen molar-refractivity contribution in [1.82, 2.24) is 29.8 Å². The van der Waals surface area contributed by atoms with Gasteiger partial charge < -0.3 is 10.1 Å². The van der Waals surface area contributed by atoms with Crippen LogP contribution in [0.1, 0.15) is 17.0 Å². The Bertz CT molecular complexity index is 1440. The molecule has 0 bridgehead atoms. The third-order valence-electron chi connectivity index (χ3n) is 6.97. The highest BCUT2D eigenvalue weighted by Crippen LogP contribution is 2.32. The minimum absolute atomic E-state index is 0.146. The molecule has 39 heavy (non-hydrogen) atoms. The molecule has 1 fully saturated rings. The van der Waals surface area contributed by atoms with E-state index in [2.05, 4.69) is 20.6 Å². The van der Waals surface area contributed by atoms with Gasteiger partial charge in [0.05, 0.1) is 24.5 Å². The number of nitrogens with zero attached hydrogens (tertiary/aromatic N) is 5. The lowest BCUT2D eigenvalue weighted by Gasteiger charge is -2.21. The molecule has 4 aromatic rings.